The summed E-state index contributed by atoms with van der Waals surface area (Å²) in [6.07, 6.45) is 8.09. The third kappa shape index (κ3) is 6.57. The van der Waals surface area contributed by atoms with Crippen LogP contribution in [0.15, 0.2) is 230 Å². The third-order valence-corrected chi connectivity index (χ3v) is 13.7. The Bertz CT molecular complexity index is 3080. The van der Waals surface area contributed by atoms with Gasteiger partial charge in [-0.05, 0) is 146 Å². The minimum atomic E-state index is -0.206. The molecule has 0 saturated carbocycles. The molecule has 0 aromatic heterocycles. The Morgan fingerprint density at radius 2 is 0.794 bits per heavy atom. The van der Waals surface area contributed by atoms with Gasteiger partial charge in [0.05, 0.1) is 0 Å². The molecule has 0 aliphatic heterocycles. The normalized spacial score (nSPS) is 15.1. The van der Waals surface area contributed by atoms with Crippen molar-refractivity contribution in [3.8, 4) is 33.4 Å². The third-order valence-electron chi connectivity index (χ3n) is 13.7. The van der Waals surface area contributed by atoms with Crippen molar-refractivity contribution in [2.24, 2.45) is 0 Å². The Morgan fingerprint density at radius 3 is 1.37 bits per heavy atom. The van der Waals surface area contributed by atoms with E-state index in [0.29, 0.717) is 0 Å². The monoisotopic (exact) mass is 810 g/mol. The number of allylic oxidation sites excluding steroid dienone is 5. The van der Waals surface area contributed by atoms with Gasteiger partial charge in [0.15, 0.2) is 0 Å². The zero-order valence-electron chi connectivity index (χ0n) is 36.4. The van der Waals surface area contributed by atoms with Crippen molar-refractivity contribution in [1.29, 1.82) is 0 Å². The van der Waals surface area contributed by atoms with E-state index in [2.05, 4.69) is 256 Å². The Labute approximate surface area is 372 Å². The maximum absolute atomic E-state index is 2.53. The van der Waals surface area contributed by atoms with Crippen LogP contribution in [0.5, 0.6) is 0 Å². The fourth-order valence-electron chi connectivity index (χ4n) is 10.3. The molecule has 63 heavy (non-hydrogen) atoms. The van der Waals surface area contributed by atoms with Crippen LogP contribution in [0.25, 0.3) is 39.0 Å². The van der Waals surface area contributed by atoms with Crippen molar-refractivity contribution >= 4 is 34.0 Å². The average molecular weight is 811 g/mol. The Hall–Kier alpha value is -7.42. The van der Waals surface area contributed by atoms with Gasteiger partial charge in [-0.25, -0.2) is 0 Å². The molecule has 0 saturated heterocycles. The Kier molecular flexibility index (Phi) is 9.28. The first-order valence-corrected chi connectivity index (χ1v) is 22.2. The number of hydrogen-bond acceptors (Lipinski definition) is 2. The highest BCUT2D eigenvalue weighted by Gasteiger charge is 2.42. The van der Waals surface area contributed by atoms with Gasteiger partial charge < -0.3 is 9.80 Å². The summed E-state index contributed by atoms with van der Waals surface area (Å²) < 4.78 is 0. The topological polar surface area (TPSA) is 6.48 Å². The summed E-state index contributed by atoms with van der Waals surface area (Å²) in [6, 6.07) is 73.0. The lowest BCUT2D eigenvalue weighted by Crippen LogP contribution is -2.20. The van der Waals surface area contributed by atoms with Crippen LogP contribution in [0, 0.1) is 0 Å². The molecule has 3 aliphatic rings. The van der Waals surface area contributed by atoms with Crippen molar-refractivity contribution in [2.75, 3.05) is 9.80 Å². The lowest BCUT2D eigenvalue weighted by molar-refractivity contribution is 0.646. The number of rotatable bonds is 8. The molecule has 0 heterocycles. The highest BCUT2D eigenvalue weighted by molar-refractivity contribution is 5.94. The van der Waals surface area contributed by atoms with E-state index >= 15 is 0 Å². The molecule has 2 nitrogen and oxygen atoms in total. The first-order valence-electron chi connectivity index (χ1n) is 22.2. The van der Waals surface area contributed by atoms with Crippen LogP contribution in [0.2, 0.25) is 0 Å². The fraction of sp³-hybridized carbons (Fsp3) is 0.115. The molecule has 3 aliphatic carbocycles. The molecular formula is C61H50N2. The van der Waals surface area contributed by atoms with E-state index in [0.717, 1.165) is 34.9 Å². The van der Waals surface area contributed by atoms with Crippen LogP contribution in [0.4, 0.5) is 28.4 Å². The fourth-order valence-corrected chi connectivity index (χ4v) is 10.3. The summed E-state index contributed by atoms with van der Waals surface area (Å²) in [4.78, 5) is 4.84. The van der Waals surface area contributed by atoms with E-state index in [1.54, 1.807) is 0 Å². The van der Waals surface area contributed by atoms with Crippen LogP contribution < -0.4 is 9.80 Å². The van der Waals surface area contributed by atoms with Crippen LogP contribution in [0.1, 0.15) is 56.4 Å². The molecule has 11 rings (SSSR count). The van der Waals surface area contributed by atoms with Gasteiger partial charge in [0.1, 0.15) is 0 Å². The van der Waals surface area contributed by atoms with Gasteiger partial charge in [0, 0.05) is 51.4 Å². The van der Waals surface area contributed by atoms with E-state index in [1.807, 2.05) is 0 Å². The Morgan fingerprint density at radius 1 is 0.365 bits per heavy atom. The van der Waals surface area contributed by atoms with Gasteiger partial charge in [-0.3, -0.25) is 0 Å². The molecule has 8 aromatic rings. The molecule has 0 spiro atoms. The standard InChI is InChI=1S/C61H50N2/c1-60(2)56-38-50(62(46-22-13-7-14-23-46)48-32-28-44(29-33-48)42-18-9-5-10-19-42)26-17-27-52(56)54-40-59-55(41-58(54)60)53-37-36-51(39-57(53)61(59,3)4)63(47-24-15-8-16-25-47)49-34-30-45(31-35-49)43-20-11-6-12-21-43/h5-25,27-41H,26H2,1-4H3. The maximum atomic E-state index is 2.53. The van der Waals surface area contributed by atoms with Gasteiger partial charge in [-0.2, -0.15) is 0 Å². The molecule has 0 bridgehead atoms. The average Bonchev–Trinajstić information content (AvgIpc) is 3.52. The van der Waals surface area contributed by atoms with E-state index in [1.165, 1.54) is 72.5 Å². The largest absolute Gasteiger partial charge is 0.314 e. The van der Waals surface area contributed by atoms with Crippen molar-refractivity contribution in [3.05, 3.63) is 252 Å². The van der Waals surface area contributed by atoms with Gasteiger partial charge in [-0.1, -0.05) is 167 Å². The van der Waals surface area contributed by atoms with Crippen molar-refractivity contribution in [1.82, 2.24) is 0 Å². The van der Waals surface area contributed by atoms with Crippen LogP contribution in [-0.4, -0.2) is 0 Å². The summed E-state index contributed by atoms with van der Waals surface area (Å²) in [5.74, 6) is 0. The number of para-hydroxylation sites is 2. The van der Waals surface area contributed by atoms with Crippen molar-refractivity contribution in [3.63, 3.8) is 0 Å². The van der Waals surface area contributed by atoms with Crippen molar-refractivity contribution in [2.45, 2.75) is 44.9 Å². The predicted octanol–water partition coefficient (Wildman–Crippen LogP) is 16.5. The molecule has 8 aromatic carbocycles. The summed E-state index contributed by atoms with van der Waals surface area (Å²) in [5, 5.41) is 0. The number of fused-ring (bicyclic) bond motifs is 5. The summed E-state index contributed by atoms with van der Waals surface area (Å²) >= 11 is 0. The number of anilines is 5. The number of nitrogens with zero attached hydrogens (tertiary/aromatic N) is 2. The smallest absolute Gasteiger partial charge is 0.0465 e. The first-order chi connectivity index (χ1) is 30.8. The van der Waals surface area contributed by atoms with E-state index < -0.39 is 0 Å². The lowest BCUT2D eigenvalue weighted by Gasteiger charge is -2.30. The molecule has 0 N–H and O–H groups in total. The van der Waals surface area contributed by atoms with E-state index in [9.17, 15) is 0 Å². The predicted molar refractivity (Wildman–Crippen MR) is 266 cm³/mol. The SMILES string of the molecule is CC1(C)C2=C(C=CCC(N(c3ccccc3)c3ccc(-c4ccccc4)cc3)=C2)c2cc3c(cc21)-c1ccc(N(c2ccccc2)c2ccc(-c4ccccc4)cc2)cc1C3(C)C. The van der Waals surface area contributed by atoms with E-state index in [4.69, 9.17) is 0 Å². The molecule has 0 fully saturated rings. The molecule has 2 heteroatoms. The lowest BCUT2D eigenvalue weighted by atomic mass is 9.78. The van der Waals surface area contributed by atoms with Crippen molar-refractivity contribution < 1.29 is 0 Å². The molecule has 304 valence electrons. The summed E-state index contributed by atoms with van der Waals surface area (Å²) in [7, 11) is 0. The second-order valence-corrected chi connectivity index (χ2v) is 18.2. The Balaban J connectivity index is 0.971. The highest BCUT2D eigenvalue weighted by Crippen LogP contribution is 2.57. The number of hydrogen-bond donors (Lipinski definition) is 0. The van der Waals surface area contributed by atoms with Gasteiger partial charge in [0.25, 0.3) is 0 Å². The molecule has 0 unspecified atom stereocenters. The first kappa shape index (κ1) is 38.5. The van der Waals surface area contributed by atoms with Gasteiger partial charge in [-0.15, -0.1) is 0 Å². The maximum Gasteiger partial charge on any atom is 0.0465 e. The van der Waals surface area contributed by atoms with Gasteiger partial charge in [0.2, 0.25) is 0 Å². The minimum Gasteiger partial charge on any atom is -0.314 e. The summed E-state index contributed by atoms with van der Waals surface area (Å²) in [5.41, 5.74) is 22.4. The molecule has 0 atom stereocenters. The zero-order valence-corrected chi connectivity index (χ0v) is 36.4. The number of benzene rings is 8. The van der Waals surface area contributed by atoms with Crippen LogP contribution in [0.3, 0.4) is 0 Å². The quantitative estimate of drug-likeness (QED) is 0.151. The van der Waals surface area contributed by atoms with Crippen LogP contribution >= 0.6 is 0 Å². The highest BCUT2D eigenvalue weighted by atomic mass is 15.2. The summed E-state index contributed by atoms with van der Waals surface area (Å²) in [6.45, 7) is 9.65. The molecular weight excluding hydrogens is 761 g/mol. The molecule has 0 amide bonds. The zero-order chi connectivity index (χ0) is 42.7. The molecule has 0 radical (unpaired) electrons. The minimum absolute atomic E-state index is 0.200. The van der Waals surface area contributed by atoms with E-state index in [-0.39, 0.29) is 10.8 Å². The second kappa shape index (κ2) is 15.2. The van der Waals surface area contributed by atoms with Crippen LogP contribution in [-0.2, 0) is 10.8 Å². The van der Waals surface area contributed by atoms with Gasteiger partial charge >= 0.3 is 0 Å². The second-order valence-electron chi connectivity index (χ2n) is 18.2.